The molecule has 0 aromatic carbocycles. The Hall–Kier alpha value is -1.22. The van der Waals surface area contributed by atoms with Gasteiger partial charge in [-0.25, -0.2) is 0 Å². The van der Waals surface area contributed by atoms with Gasteiger partial charge in [0.2, 0.25) is 0 Å². The molecule has 0 saturated carbocycles. The summed E-state index contributed by atoms with van der Waals surface area (Å²) in [5.41, 5.74) is -0.140. The van der Waals surface area contributed by atoms with E-state index >= 15 is 0 Å². The van der Waals surface area contributed by atoms with Gasteiger partial charge in [0.15, 0.2) is 0 Å². The van der Waals surface area contributed by atoms with Crippen molar-refractivity contribution in [3.05, 3.63) is 10.6 Å². The maximum absolute atomic E-state index is 12.5. The number of hydrogen-bond donors (Lipinski definition) is 1. The summed E-state index contributed by atoms with van der Waals surface area (Å²) in [6.45, 7) is 3.04. The van der Waals surface area contributed by atoms with Crippen LogP contribution >= 0.6 is 11.5 Å². The summed E-state index contributed by atoms with van der Waals surface area (Å²) in [6.07, 6.45) is -4.52. The van der Waals surface area contributed by atoms with Crippen LogP contribution in [0.5, 0.6) is 0 Å². The monoisotopic (exact) mass is 311 g/mol. The van der Waals surface area contributed by atoms with Gasteiger partial charge in [-0.2, -0.15) is 13.2 Å². The topological polar surface area (TPSA) is 66.3 Å². The molecule has 1 N–H and O–H groups in total. The van der Waals surface area contributed by atoms with E-state index in [2.05, 4.69) is 9.59 Å². The first-order chi connectivity index (χ1) is 9.06. The van der Waals surface area contributed by atoms with Gasteiger partial charge in [0.1, 0.15) is 11.4 Å². The Labute approximate surface area is 118 Å². The van der Waals surface area contributed by atoms with Gasteiger partial charge in [-0.15, -0.1) is 5.10 Å². The van der Waals surface area contributed by atoms with E-state index in [9.17, 15) is 18.0 Å². The lowest BCUT2D eigenvalue weighted by molar-refractivity contribution is -0.141. The molecule has 0 bridgehead atoms. The number of aliphatic hydroxyl groups is 1. The quantitative estimate of drug-likeness (QED) is 0.921. The molecule has 0 aliphatic carbocycles. The molecule has 0 radical (unpaired) electrons. The standard InChI is InChI=1S/C11H16F3N3O2S/c1-10(2,3)8-7(20-16-15-8)9(19)17(4-5-18)6-11(12,13)14/h18H,4-6H2,1-3H3. The largest absolute Gasteiger partial charge is 0.406 e. The van der Waals surface area contributed by atoms with Gasteiger partial charge in [-0.3, -0.25) is 4.79 Å². The van der Waals surface area contributed by atoms with Crippen molar-refractivity contribution < 1.29 is 23.1 Å². The van der Waals surface area contributed by atoms with Crippen LogP contribution in [-0.4, -0.2) is 51.4 Å². The van der Waals surface area contributed by atoms with Crippen LogP contribution in [0.2, 0.25) is 0 Å². The number of halogens is 3. The van der Waals surface area contributed by atoms with Crippen LogP contribution in [-0.2, 0) is 5.41 Å². The van der Waals surface area contributed by atoms with Gasteiger partial charge in [-0.05, 0) is 11.5 Å². The molecule has 0 unspecified atom stereocenters. The van der Waals surface area contributed by atoms with Gasteiger partial charge in [0.05, 0.1) is 12.3 Å². The van der Waals surface area contributed by atoms with Crippen LogP contribution in [0.15, 0.2) is 0 Å². The smallest absolute Gasteiger partial charge is 0.395 e. The molecule has 20 heavy (non-hydrogen) atoms. The maximum Gasteiger partial charge on any atom is 0.406 e. The highest BCUT2D eigenvalue weighted by atomic mass is 32.1. The molecule has 0 fully saturated rings. The minimum absolute atomic E-state index is 0.0789. The Bertz CT molecular complexity index is 468. The van der Waals surface area contributed by atoms with Gasteiger partial charge >= 0.3 is 6.18 Å². The highest BCUT2D eigenvalue weighted by Crippen LogP contribution is 2.27. The van der Waals surface area contributed by atoms with Crippen molar-refractivity contribution in [2.24, 2.45) is 0 Å². The number of aliphatic hydroxyl groups excluding tert-OH is 1. The first-order valence-corrected chi connectivity index (χ1v) is 6.63. The summed E-state index contributed by atoms with van der Waals surface area (Å²) >= 11 is 0.763. The van der Waals surface area contributed by atoms with Crippen molar-refractivity contribution in [1.82, 2.24) is 14.5 Å². The fourth-order valence-electron chi connectivity index (χ4n) is 1.55. The van der Waals surface area contributed by atoms with E-state index in [-0.39, 0.29) is 11.4 Å². The van der Waals surface area contributed by atoms with E-state index < -0.39 is 30.7 Å². The Morgan fingerprint density at radius 2 is 1.95 bits per heavy atom. The van der Waals surface area contributed by atoms with Crippen LogP contribution in [0.1, 0.15) is 36.1 Å². The second-order valence-electron chi connectivity index (χ2n) is 5.27. The lowest BCUT2D eigenvalue weighted by Crippen LogP contribution is -2.41. The maximum atomic E-state index is 12.5. The molecular weight excluding hydrogens is 295 g/mol. The molecule has 1 rings (SSSR count). The molecular formula is C11H16F3N3O2S. The predicted molar refractivity (Wildman–Crippen MR) is 67.7 cm³/mol. The summed E-state index contributed by atoms with van der Waals surface area (Å²) in [7, 11) is 0. The normalized spacial score (nSPS) is 12.6. The number of carbonyl (C=O) groups excluding carboxylic acids is 1. The van der Waals surface area contributed by atoms with Crippen LogP contribution in [0.4, 0.5) is 13.2 Å². The van der Waals surface area contributed by atoms with E-state index in [1.165, 1.54) is 0 Å². The molecule has 9 heteroatoms. The van der Waals surface area contributed by atoms with E-state index in [1.807, 2.05) is 0 Å². The first-order valence-electron chi connectivity index (χ1n) is 5.86. The van der Waals surface area contributed by atoms with Gasteiger partial charge in [0, 0.05) is 12.0 Å². The molecule has 5 nitrogen and oxygen atoms in total. The van der Waals surface area contributed by atoms with Gasteiger partial charge in [-0.1, -0.05) is 25.3 Å². The number of hydrogen-bond acceptors (Lipinski definition) is 5. The van der Waals surface area contributed by atoms with E-state index in [1.54, 1.807) is 20.8 Å². The van der Waals surface area contributed by atoms with Crippen molar-refractivity contribution in [1.29, 1.82) is 0 Å². The molecule has 0 aliphatic heterocycles. The number of rotatable bonds is 4. The van der Waals surface area contributed by atoms with E-state index in [0.717, 1.165) is 11.5 Å². The third kappa shape index (κ3) is 4.41. The Kier molecular flexibility index (Phi) is 5.09. The van der Waals surface area contributed by atoms with Crippen molar-refractivity contribution in [3.63, 3.8) is 0 Å². The molecule has 0 spiro atoms. The molecule has 1 aromatic heterocycles. The van der Waals surface area contributed by atoms with Crippen molar-refractivity contribution in [3.8, 4) is 0 Å². The Morgan fingerprint density at radius 3 is 2.40 bits per heavy atom. The zero-order chi connectivity index (χ0) is 15.6. The van der Waals surface area contributed by atoms with E-state index in [4.69, 9.17) is 5.11 Å². The third-order valence-corrected chi connectivity index (χ3v) is 3.13. The second-order valence-corrected chi connectivity index (χ2v) is 6.02. The molecule has 1 amide bonds. The second kappa shape index (κ2) is 6.04. The van der Waals surface area contributed by atoms with Crippen molar-refractivity contribution >= 4 is 17.4 Å². The van der Waals surface area contributed by atoms with Crippen LogP contribution in [0.25, 0.3) is 0 Å². The van der Waals surface area contributed by atoms with Crippen LogP contribution in [0, 0.1) is 0 Å². The Balaban J connectivity index is 3.04. The molecule has 0 atom stereocenters. The van der Waals surface area contributed by atoms with Gasteiger partial charge in [0.25, 0.3) is 5.91 Å². The van der Waals surface area contributed by atoms with E-state index in [0.29, 0.717) is 10.6 Å². The number of carbonyl (C=O) groups is 1. The summed E-state index contributed by atoms with van der Waals surface area (Å²) in [6, 6.07) is 0. The first kappa shape index (κ1) is 16.8. The fraction of sp³-hybridized carbons (Fsp3) is 0.727. The van der Waals surface area contributed by atoms with Gasteiger partial charge < -0.3 is 10.0 Å². The highest BCUT2D eigenvalue weighted by Gasteiger charge is 2.36. The summed E-state index contributed by atoms with van der Waals surface area (Å²) in [5, 5.41) is 12.6. The van der Waals surface area contributed by atoms with Crippen LogP contribution < -0.4 is 0 Å². The summed E-state index contributed by atoms with van der Waals surface area (Å²) in [5.74, 6) is -0.809. The average molecular weight is 311 g/mol. The minimum Gasteiger partial charge on any atom is -0.395 e. The number of nitrogens with zero attached hydrogens (tertiary/aromatic N) is 3. The molecule has 0 saturated heterocycles. The Morgan fingerprint density at radius 1 is 1.35 bits per heavy atom. The SMILES string of the molecule is CC(C)(C)c1nnsc1C(=O)N(CCO)CC(F)(F)F. The predicted octanol–water partition coefficient (Wildman–Crippen LogP) is 1.83. The zero-order valence-corrected chi connectivity index (χ0v) is 12.2. The molecule has 1 aromatic rings. The number of alkyl halides is 3. The zero-order valence-electron chi connectivity index (χ0n) is 11.4. The average Bonchev–Trinajstić information content (AvgIpc) is 2.74. The summed E-state index contributed by atoms with van der Waals surface area (Å²) < 4.78 is 41.0. The lowest BCUT2D eigenvalue weighted by Gasteiger charge is -2.24. The lowest BCUT2D eigenvalue weighted by atomic mass is 9.91. The molecule has 1 heterocycles. The number of aromatic nitrogens is 2. The molecule has 114 valence electrons. The van der Waals surface area contributed by atoms with Crippen molar-refractivity contribution in [2.45, 2.75) is 32.4 Å². The van der Waals surface area contributed by atoms with Crippen LogP contribution in [0.3, 0.4) is 0 Å². The minimum atomic E-state index is -4.52. The highest BCUT2D eigenvalue weighted by molar-refractivity contribution is 7.08. The molecule has 0 aliphatic rings. The van der Waals surface area contributed by atoms with Crippen molar-refractivity contribution in [2.75, 3.05) is 19.7 Å². The third-order valence-electron chi connectivity index (χ3n) is 2.42. The number of amides is 1. The fourth-order valence-corrected chi connectivity index (χ4v) is 2.40. The summed E-state index contributed by atoms with van der Waals surface area (Å²) in [4.78, 5) is 12.8.